The van der Waals surface area contributed by atoms with Crippen LogP contribution in [0.3, 0.4) is 0 Å². The Hall–Kier alpha value is -1.79. The lowest BCUT2D eigenvalue weighted by Gasteiger charge is -2.30. The van der Waals surface area contributed by atoms with Crippen molar-refractivity contribution in [2.24, 2.45) is 5.92 Å². The summed E-state index contributed by atoms with van der Waals surface area (Å²) in [6, 6.07) is 9.03. The Morgan fingerprint density at radius 1 is 1.15 bits per heavy atom. The summed E-state index contributed by atoms with van der Waals surface area (Å²) in [6.45, 7) is 1.75. The van der Waals surface area contributed by atoms with Gasteiger partial charge in [-0.2, -0.15) is 0 Å². The Morgan fingerprint density at radius 2 is 1.85 bits per heavy atom. The first kappa shape index (κ1) is 20.5. The highest BCUT2D eigenvalue weighted by Gasteiger charge is 2.40. The number of para-hydroxylation sites is 1. The SMILES string of the molecule is C[C@@H]1OC(=O)[C@@H]([NH3+])CCC[C@H](Oc2ccccc2)[C@H]1OC(=O)C1CC1.[Cl-]. The highest BCUT2D eigenvalue weighted by atomic mass is 35.5. The summed E-state index contributed by atoms with van der Waals surface area (Å²) in [6.07, 6.45) is 2.22. The second-order valence-corrected chi connectivity index (χ2v) is 6.91. The van der Waals surface area contributed by atoms with Crippen LogP contribution in [0.2, 0.25) is 0 Å². The first-order valence-electron chi connectivity index (χ1n) is 9.00. The zero-order valence-electron chi connectivity index (χ0n) is 14.9. The molecule has 1 aliphatic carbocycles. The van der Waals surface area contributed by atoms with Gasteiger partial charge in [0.15, 0.2) is 12.1 Å². The highest BCUT2D eigenvalue weighted by Crippen LogP contribution is 2.32. The van der Waals surface area contributed by atoms with E-state index in [0.29, 0.717) is 18.6 Å². The number of ether oxygens (including phenoxy) is 3. The van der Waals surface area contributed by atoms with Crippen molar-refractivity contribution in [1.29, 1.82) is 0 Å². The van der Waals surface area contributed by atoms with Gasteiger partial charge in [0.2, 0.25) is 0 Å². The van der Waals surface area contributed by atoms with E-state index in [9.17, 15) is 9.59 Å². The van der Waals surface area contributed by atoms with E-state index >= 15 is 0 Å². The molecule has 7 heteroatoms. The van der Waals surface area contributed by atoms with Gasteiger partial charge in [-0.05, 0) is 44.7 Å². The molecule has 0 unspecified atom stereocenters. The number of hydrogen-bond acceptors (Lipinski definition) is 5. The van der Waals surface area contributed by atoms with Gasteiger partial charge in [-0.15, -0.1) is 0 Å². The van der Waals surface area contributed by atoms with Crippen molar-refractivity contribution in [3.8, 4) is 5.75 Å². The maximum atomic E-state index is 12.2. The molecule has 0 aromatic heterocycles. The smallest absolute Gasteiger partial charge is 0.365 e. The average Bonchev–Trinajstić information content (AvgIpc) is 3.43. The number of benzene rings is 1. The van der Waals surface area contributed by atoms with Gasteiger partial charge >= 0.3 is 11.9 Å². The van der Waals surface area contributed by atoms with Crippen molar-refractivity contribution >= 4 is 11.9 Å². The monoisotopic (exact) mass is 383 g/mol. The highest BCUT2D eigenvalue weighted by molar-refractivity contribution is 5.75. The second kappa shape index (κ2) is 9.24. The van der Waals surface area contributed by atoms with E-state index in [1.165, 1.54) is 0 Å². The third-order valence-corrected chi connectivity index (χ3v) is 4.70. The molecule has 1 aromatic carbocycles. The molecule has 1 aliphatic heterocycles. The van der Waals surface area contributed by atoms with Crippen LogP contribution in [0, 0.1) is 5.92 Å². The first-order chi connectivity index (χ1) is 12.0. The van der Waals surface area contributed by atoms with Crippen LogP contribution in [0.4, 0.5) is 0 Å². The zero-order valence-corrected chi connectivity index (χ0v) is 15.7. The van der Waals surface area contributed by atoms with E-state index in [1.54, 1.807) is 6.92 Å². The molecule has 3 rings (SSSR count). The molecule has 0 bridgehead atoms. The molecule has 0 amide bonds. The summed E-state index contributed by atoms with van der Waals surface area (Å²) in [7, 11) is 0. The van der Waals surface area contributed by atoms with Gasteiger partial charge in [-0.3, -0.25) is 4.79 Å². The van der Waals surface area contributed by atoms with Crippen LogP contribution in [0.15, 0.2) is 30.3 Å². The van der Waals surface area contributed by atoms with Crippen molar-refractivity contribution in [2.45, 2.75) is 63.4 Å². The molecule has 2 aliphatic rings. The third-order valence-electron chi connectivity index (χ3n) is 4.70. The van der Waals surface area contributed by atoms with Crippen LogP contribution in [-0.2, 0) is 19.1 Å². The third kappa shape index (κ3) is 5.35. The quantitative estimate of drug-likeness (QED) is 0.638. The standard InChI is InChI=1S/C19H25NO5.ClH/c1-12-17(25-18(21)13-10-11-13)16(24-14-6-3-2-4-7-14)9-5-8-15(20)19(22)23-12;/h2-4,6-7,12-13,15-17H,5,8-11,20H2,1H3;1H/t12-,15-,16-,17-;/m0./s1. The molecule has 144 valence electrons. The first-order valence-corrected chi connectivity index (χ1v) is 9.00. The summed E-state index contributed by atoms with van der Waals surface area (Å²) >= 11 is 0. The zero-order chi connectivity index (χ0) is 17.8. The van der Waals surface area contributed by atoms with Crippen molar-refractivity contribution in [3.63, 3.8) is 0 Å². The summed E-state index contributed by atoms with van der Waals surface area (Å²) in [5.41, 5.74) is 3.87. The molecule has 4 atom stereocenters. The minimum Gasteiger partial charge on any atom is -1.00 e. The van der Waals surface area contributed by atoms with E-state index in [4.69, 9.17) is 14.2 Å². The molecule has 1 saturated carbocycles. The summed E-state index contributed by atoms with van der Waals surface area (Å²) < 4.78 is 17.3. The molecular formula is C19H26ClNO5. The molecule has 26 heavy (non-hydrogen) atoms. The average molecular weight is 384 g/mol. The maximum Gasteiger partial charge on any atom is 0.365 e. The predicted molar refractivity (Wildman–Crippen MR) is 89.5 cm³/mol. The Labute approximate surface area is 159 Å². The Bertz CT molecular complexity index is 607. The number of cyclic esters (lactones) is 1. The number of halogens is 1. The van der Waals surface area contributed by atoms with Crippen LogP contribution < -0.4 is 22.9 Å². The number of esters is 2. The topological polar surface area (TPSA) is 89.5 Å². The maximum absolute atomic E-state index is 12.2. The molecule has 1 aromatic rings. The van der Waals surface area contributed by atoms with Crippen LogP contribution in [-0.4, -0.2) is 36.3 Å². The molecular weight excluding hydrogens is 358 g/mol. The van der Waals surface area contributed by atoms with E-state index in [2.05, 4.69) is 5.73 Å². The normalized spacial score (nSPS) is 29.2. The largest absolute Gasteiger partial charge is 1.00 e. The lowest BCUT2D eigenvalue weighted by molar-refractivity contribution is -0.410. The molecule has 1 heterocycles. The van der Waals surface area contributed by atoms with Gasteiger partial charge in [0.25, 0.3) is 0 Å². The number of carbonyl (C=O) groups excluding carboxylic acids is 2. The lowest BCUT2D eigenvalue weighted by Crippen LogP contribution is -3.00. The Morgan fingerprint density at radius 3 is 2.50 bits per heavy atom. The van der Waals surface area contributed by atoms with Crippen LogP contribution >= 0.6 is 0 Å². The van der Waals surface area contributed by atoms with Crippen LogP contribution in [0.5, 0.6) is 5.75 Å². The van der Waals surface area contributed by atoms with Gasteiger partial charge in [-0.1, -0.05) is 18.2 Å². The number of rotatable bonds is 4. The van der Waals surface area contributed by atoms with Crippen LogP contribution in [0.1, 0.15) is 39.0 Å². The molecule has 1 saturated heterocycles. The van der Waals surface area contributed by atoms with Gasteiger partial charge in [-0.25, -0.2) is 4.79 Å². The molecule has 0 spiro atoms. The molecule has 6 nitrogen and oxygen atoms in total. The van der Waals surface area contributed by atoms with Crippen molar-refractivity contribution in [1.82, 2.24) is 0 Å². The van der Waals surface area contributed by atoms with Crippen molar-refractivity contribution in [2.75, 3.05) is 0 Å². The van der Waals surface area contributed by atoms with Gasteiger partial charge in [0.05, 0.1) is 5.92 Å². The number of carbonyl (C=O) groups is 2. The van der Waals surface area contributed by atoms with E-state index in [1.807, 2.05) is 30.3 Å². The fraction of sp³-hybridized carbons (Fsp3) is 0.579. The lowest BCUT2D eigenvalue weighted by atomic mass is 10.0. The summed E-state index contributed by atoms with van der Waals surface area (Å²) in [5, 5.41) is 0. The van der Waals surface area contributed by atoms with Crippen molar-refractivity contribution in [3.05, 3.63) is 30.3 Å². The van der Waals surface area contributed by atoms with Gasteiger partial charge in [0.1, 0.15) is 18.0 Å². The van der Waals surface area contributed by atoms with Gasteiger partial charge < -0.3 is 32.4 Å². The summed E-state index contributed by atoms with van der Waals surface area (Å²) in [5.74, 6) is 0.123. The summed E-state index contributed by atoms with van der Waals surface area (Å²) in [4.78, 5) is 24.3. The van der Waals surface area contributed by atoms with Crippen LogP contribution in [0.25, 0.3) is 0 Å². The molecule has 0 radical (unpaired) electrons. The second-order valence-electron chi connectivity index (χ2n) is 6.91. The van der Waals surface area contributed by atoms with E-state index in [0.717, 1.165) is 19.3 Å². The number of quaternary nitrogens is 1. The minimum atomic E-state index is -0.623. The number of hydrogen-bond donors (Lipinski definition) is 1. The Balaban J connectivity index is 0.00000243. The fourth-order valence-electron chi connectivity index (χ4n) is 3.02. The van der Waals surface area contributed by atoms with Gasteiger partial charge in [0, 0.05) is 6.42 Å². The van der Waals surface area contributed by atoms with E-state index < -0.39 is 18.2 Å². The van der Waals surface area contributed by atoms with E-state index in [-0.39, 0.29) is 36.4 Å². The molecule has 3 N–H and O–H groups in total. The Kier molecular flexibility index (Phi) is 7.29. The predicted octanol–water partition coefficient (Wildman–Crippen LogP) is -1.51. The van der Waals surface area contributed by atoms with Crippen molar-refractivity contribution < 1.29 is 41.9 Å². The molecule has 2 fully saturated rings. The fourth-order valence-corrected chi connectivity index (χ4v) is 3.02. The minimum absolute atomic E-state index is 0.